The van der Waals surface area contributed by atoms with Gasteiger partial charge in [0.15, 0.2) is 5.96 Å². The van der Waals surface area contributed by atoms with E-state index in [-0.39, 0.29) is 0 Å². The van der Waals surface area contributed by atoms with Crippen molar-refractivity contribution in [1.82, 2.24) is 25.4 Å². The molecule has 0 aliphatic heterocycles. The van der Waals surface area contributed by atoms with Crippen molar-refractivity contribution in [2.24, 2.45) is 4.99 Å². The number of rotatable bonds is 9. The summed E-state index contributed by atoms with van der Waals surface area (Å²) in [6.07, 6.45) is 3.28. The quantitative estimate of drug-likeness (QED) is 0.253. The molecule has 0 saturated heterocycles. The maximum Gasteiger partial charge on any atom is 0.191 e. The van der Waals surface area contributed by atoms with Gasteiger partial charge in [-0.25, -0.2) is 14.7 Å². The number of guanidine groups is 1. The molecule has 0 bridgehead atoms. The monoisotopic (exact) mass is 394 g/mol. The van der Waals surface area contributed by atoms with Gasteiger partial charge in [0.25, 0.3) is 0 Å². The molecule has 2 N–H and O–H groups in total. The Kier molecular flexibility index (Phi) is 7.93. The van der Waals surface area contributed by atoms with Gasteiger partial charge in [-0.2, -0.15) is 5.10 Å². The van der Waals surface area contributed by atoms with Crippen molar-refractivity contribution < 1.29 is 0 Å². The average molecular weight is 395 g/mol. The van der Waals surface area contributed by atoms with Crippen LogP contribution < -0.4 is 10.6 Å². The molecule has 6 nitrogen and oxygen atoms in total. The molecule has 0 fully saturated rings. The van der Waals surface area contributed by atoms with Gasteiger partial charge >= 0.3 is 0 Å². The molecule has 0 amide bonds. The number of hydrogen-bond donors (Lipinski definition) is 2. The topological polar surface area (TPSA) is 67.1 Å². The summed E-state index contributed by atoms with van der Waals surface area (Å²) < 4.78 is 1.82. The normalized spacial score (nSPS) is 11.4. The Morgan fingerprint density at radius 1 is 1.07 bits per heavy atom. The van der Waals surface area contributed by atoms with E-state index in [1.54, 1.807) is 12.7 Å². The molecule has 0 saturated carbocycles. The zero-order chi connectivity index (χ0) is 19.4. The van der Waals surface area contributed by atoms with Gasteiger partial charge in [-0.1, -0.05) is 42.5 Å². The molecule has 0 aliphatic carbocycles. The molecule has 0 aliphatic rings. The van der Waals surface area contributed by atoms with E-state index >= 15 is 0 Å². The first-order valence-corrected chi connectivity index (χ1v) is 10.4. The van der Waals surface area contributed by atoms with E-state index in [2.05, 4.69) is 76.2 Å². The Bertz CT molecular complexity index is 848. The zero-order valence-electron chi connectivity index (χ0n) is 16.1. The second-order valence-corrected chi connectivity index (χ2v) is 7.36. The first kappa shape index (κ1) is 19.9. The summed E-state index contributed by atoms with van der Waals surface area (Å²) in [5.74, 6) is 1.83. The predicted octanol–water partition coefficient (Wildman–Crippen LogP) is 3.17. The highest BCUT2D eigenvalue weighted by Crippen LogP contribution is 2.15. The number of thioether (sulfide) groups is 1. The Balaban J connectivity index is 1.50. The highest BCUT2D eigenvalue weighted by molar-refractivity contribution is 7.99. The van der Waals surface area contributed by atoms with Crippen LogP contribution in [0.15, 0.2) is 77.1 Å². The summed E-state index contributed by atoms with van der Waals surface area (Å²) in [7, 11) is 0. The second-order valence-electron chi connectivity index (χ2n) is 6.20. The predicted molar refractivity (Wildman–Crippen MR) is 116 cm³/mol. The number of hydrogen-bond acceptors (Lipinski definition) is 4. The lowest BCUT2D eigenvalue weighted by molar-refractivity contribution is 0.684. The molecule has 28 heavy (non-hydrogen) atoms. The first-order chi connectivity index (χ1) is 13.8. The molecule has 0 spiro atoms. The molecular formula is C21H26N6S. The molecule has 1 heterocycles. The summed E-state index contributed by atoms with van der Waals surface area (Å²) >= 11 is 1.84. The Hall–Kier alpha value is -2.80. The third-order valence-corrected chi connectivity index (χ3v) is 4.99. The van der Waals surface area contributed by atoms with Crippen LogP contribution in [0, 0.1) is 0 Å². The average Bonchev–Trinajstić information content (AvgIpc) is 3.23. The van der Waals surface area contributed by atoms with Crippen LogP contribution in [0.2, 0.25) is 0 Å². The number of aliphatic imine (C=N–C) groups is 1. The van der Waals surface area contributed by atoms with Crippen LogP contribution in [0.5, 0.6) is 0 Å². The largest absolute Gasteiger partial charge is 0.357 e. The SMILES string of the molecule is CCNC(=NCc1cccc(Cn2cncn2)c1)NCCSc1ccccc1. The van der Waals surface area contributed by atoms with Crippen molar-refractivity contribution in [3.05, 3.63) is 78.4 Å². The second kappa shape index (κ2) is 11.1. The van der Waals surface area contributed by atoms with Gasteiger partial charge in [0.05, 0.1) is 13.1 Å². The highest BCUT2D eigenvalue weighted by atomic mass is 32.2. The maximum atomic E-state index is 4.72. The lowest BCUT2D eigenvalue weighted by Gasteiger charge is -2.11. The molecule has 7 heteroatoms. The third kappa shape index (κ3) is 6.74. The summed E-state index contributed by atoms with van der Waals surface area (Å²) in [4.78, 5) is 9.99. The van der Waals surface area contributed by atoms with Gasteiger partial charge in [-0.15, -0.1) is 11.8 Å². The smallest absolute Gasteiger partial charge is 0.191 e. The van der Waals surface area contributed by atoms with Crippen molar-refractivity contribution in [3.63, 3.8) is 0 Å². The number of aromatic nitrogens is 3. The Labute approximate surface area is 170 Å². The van der Waals surface area contributed by atoms with E-state index in [1.165, 1.54) is 16.0 Å². The number of nitrogens with zero attached hydrogens (tertiary/aromatic N) is 4. The Morgan fingerprint density at radius 2 is 1.93 bits per heavy atom. The molecule has 3 aromatic rings. The first-order valence-electron chi connectivity index (χ1n) is 9.44. The van der Waals surface area contributed by atoms with E-state index in [0.717, 1.165) is 24.8 Å². The van der Waals surface area contributed by atoms with Crippen LogP contribution in [0.1, 0.15) is 18.1 Å². The van der Waals surface area contributed by atoms with E-state index in [9.17, 15) is 0 Å². The summed E-state index contributed by atoms with van der Waals surface area (Å²) in [6.45, 7) is 5.12. The minimum Gasteiger partial charge on any atom is -0.357 e. The minimum absolute atomic E-state index is 0.631. The van der Waals surface area contributed by atoms with Gasteiger partial charge in [0, 0.05) is 23.7 Å². The fourth-order valence-corrected chi connectivity index (χ4v) is 3.48. The van der Waals surface area contributed by atoms with Gasteiger partial charge in [0.2, 0.25) is 0 Å². The van der Waals surface area contributed by atoms with E-state index in [1.807, 2.05) is 22.5 Å². The molecule has 3 rings (SSSR count). The van der Waals surface area contributed by atoms with E-state index in [0.29, 0.717) is 13.1 Å². The maximum absolute atomic E-state index is 4.72. The van der Waals surface area contributed by atoms with Crippen molar-refractivity contribution in [2.75, 3.05) is 18.8 Å². The van der Waals surface area contributed by atoms with Crippen LogP contribution in [0.25, 0.3) is 0 Å². The third-order valence-electron chi connectivity index (χ3n) is 3.97. The standard InChI is InChI=1S/C21H26N6S/c1-2-23-21(24-11-12-28-20-9-4-3-5-10-20)25-14-18-7-6-8-19(13-18)15-27-17-22-16-26-27/h3-10,13,16-17H,2,11-12,14-15H2,1H3,(H2,23,24,25). The van der Waals surface area contributed by atoms with Crippen LogP contribution >= 0.6 is 11.8 Å². The molecule has 1 aromatic heterocycles. The fraction of sp³-hybridized carbons (Fsp3) is 0.286. The van der Waals surface area contributed by atoms with Crippen LogP contribution in [-0.2, 0) is 13.1 Å². The van der Waals surface area contributed by atoms with Crippen LogP contribution in [0.3, 0.4) is 0 Å². The fourth-order valence-electron chi connectivity index (χ4n) is 2.69. The minimum atomic E-state index is 0.631. The summed E-state index contributed by atoms with van der Waals surface area (Å²) in [5.41, 5.74) is 2.36. The van der Waals surface area contributed by atoms with Crippen molar-refractivity contribution in [2.45, 2.75) is 24.9 Å². The van der Waals surface area contributed by atoms with E-state index in [4.69, 9.17) is 4.99 Å². The number of nitrogens with one attached hydrogen (secondary N) is 2. The van der Waals surface area contributed by atoms with Gasteiger partial charge in [-0.3, -0.25) is 0 Å². The zero-order valence-corrected chi connectivity index (χ0v) is 16.9. The highest BCUT2D eigenvalue weighted by Gasteiger charge is 2.01. The molecule has 0 radical (unpaired) electrons. The molecule has 0 unspecified atom stereocenters. The van der Waals surface area contributed by atoms with Crippen LogP contribution in [0.4, 0.5) is 0 Å². The Morgan fingerprint density at radius 3 is 2.71 bits per heavy atom. The molecule has 2 aromatic carbocycles. The molecule has 146 valence electrons. The molecule has 0 atom stereocenters. The van der Waals surface area contributed by atoms with Gasteiger partial charge < -0.3 is 10.6 Å². The summed E-state index contributed by atoms with van der Waals surface area (Å²) in [5, 5.41) is 10.9. The van der Waals surface area contributed by atoms with Crippen molar-refractivity contribution in [3.8, 4) is 0 Å². The summed E-state index contributed by atoms with van der Waals surface area (Å²) in [6, 6.07) is 18.9. The lowest BCUT2D eigenvalue weighted by Crippen LogP contribution is -2.38. The lowest BCUT2D eigenvalue weighted by atomic mass is 10.1. The van der Waals surface area contributed by atoms with Crippen molar-refractivity contribution in [1.29, 1.82) is 0 Å². The van der Waals surface area contributed by atoms with Gasteiger partial charge in [-0.05, 0) is 30.2 Å². The van der Waals surface area contributed by atoms with Gasteiger partial charge in [0.1, 0.15) is 12.7 Å². The number of benzene rings is 2. The van der Waals surface area contributed by atoms with Crippen molar-refractivity contribution >= 4 is 17.7 Å². The molecular weight excluding hydrogens is 368 g/mol. The van der Waals surface area contributed by atoms with Crippen LogP contribution in [-0.4, -0.2) is 39.6 Å². The van der Waals surface area contributed by atoms with E-state index < -0.39 is 0 Å².